The molecule has 0 saturated heterocycles. The zero-order valence-corrected chi connectivity index (χ0v) is 10.7. The number of nitrogens with one attached hydrogen (secondary N) is 1. The fraction of sp³-hybridized carbons (Fsp3) is 0.636. The molecule has 1 aromatic heterocycles. The van der Waals surface area contributed by atoms with Gasteiger partial charge in [-0.15, -0.1) is 0 Å². The van der Waals surface area contributed by atoms with Crippen molar-refractivity contribution in [2.45, 2.75) is 13.0 Å². The van der Waals surface area contributed by atoms with Gasteiger partial charge in [-0.3, -0.25) is 0 Å². The van der Waals surface area contributed by atoms with E-state index in [1.807, 2.05) is 6.92 Å². The minimum atomic E-state index is -0.0127. The number of aryl methyl sites for hydroxylation is 1. The van der Waals surface area contributed by atoms with Crippen molar-refractivity contribution in [3.8, 4) is 5.88 Å². The van der Waals surface area contributed by atoms with E-state index in [2.05, 4.69) is 15.3 Å². The number of ether oxygens (including phenoxy) is 3. The first-order valence-corrected chi connectivity index (χ1v) is 5.35. The maximum atomic E-state index is 5.24. The van der Waals surface area contributed by atoms with Crippen LogP contribution in [-0.2, 0) is 9.47 Å². The Morgan fingerprint density at radius 2 is 2.06 bits per heavy atom. The predicted octanol–water partition coefficient (Wildman–Crippen LogP) is 0.867. The van der Waals surface area contributed by atoms with Crippen LogP contribution in [-0.4, -0.2) is 50.6 Å². The average Bonchev–Trinajstić information content (AvgIpc) is 2.33. The molecule has 0 spiro atoms. The second-order valence-electron chi connectivity index (χ2n) is 3.54. The maximum Gasteiger partial charge on any atom is 0.218 e. The van der Waals surface area contributed by atoms with E-state index in [1.165, 1.54) is 0 Å². The SMILES string of the molecule is COCC(CNc1cc(OC)nc(C)n1)OC. The van der Waals surface area contributed by atoms with E-state index in [9.17, 15) is 0 Å². The molecule has 96 valence electrons. The Labute approximate surface area is 101 Å². The largest absolute Gasteiger partial charge is 0.481 e. The smallest absolute Gasteiger partial charge is 0.218 e. The van der Waals surface area contributed by atoms with Gasteiger partial charge in [0.1, 0.15) is 11.6 Å². The summed E-state index contributed by atoms with van der Waals surface area (Å²) in [4.78, 5) is 8.36. The first-order valence-electron chi connectivity index (χ1n) is 5.35. The summed E-state index contributed by atoms with van der Waals surface area (Å²) in [6.45, 7) is 2.96. The molecule has 0 aliphatic heterocycles. The Morgan fingerprint density at radius 3 is 2.65 bits per heavy atom. The molecule has 0 saturated carbocycles. The molecule has 1 aromatic rings. The van der Waals surface area contributed by atoms with Crippen molar-refractivity contribution in [3.05, 3.63) is 11.9 Å². The van der Waals surface area contributed by atoms with Crippen LogP contribution in [0.1, 0.15) is 5.82 Å². The summed E-state index contributed by atoms with van der Waals surface area (Å²) in [6, 6.07) is 1.74. The minimum absolute atomic E-state index is 0.0127. The van der Waals surface area contributed by atoms with Gasteiger partial charge >= 0.3 is 0 Å². The van der Waals surface area contributed by atoms with Crippen LogP contribution in [0.5, 0.6) is 5.88 Å². The third-order valence-corrected chi connectivity index (χ3v) is 2.22. The summed E-state index contributed by atoms with van der Waals surface area (Å²) < 4.78 is 15.3. The molecule has 0 aliphatic rings. The molecule has 6 nitrogen and oxygen atoms in total. The third-order valence-electron chi connectivity index (χ3n) is 2.22. The summed E-state index contributed by atoms with van der Waals surface area (Å²) in [5.74, 6) is 1.92. The quantitative estimate of drug-likeness (QED) is 0.764. The van der Waals surface area contributed by atoms with Crippen molar-refractivity contribution in [3.63, 3.8) is 0 Å². The number of rotatable bonds is 7. The van der Waals surface area contributed by atoms with E-state index < -0.39 is 0 Å². The minimum Gasteiger partial charge on any atom is -0.481 e. The van der Waals surface area contributed by atoms with E-state index in [0.29, 0.717) is 30.7 Å². The second kappa shape index (κ2) is 7.03. The van der Waals surface area contributed by atoms with Crippen LogP contribution in [0.25, 0.3) is 0 Å². The Bertz CT molecular complexity index is 347. The van der Waals surface area contributed by atoms with E-state index in [1.54, 1.807) is 27.4 Å². The first kappa shape index (κ1) is 13.7. The van der Waals surface area contributed by atoms with Crippen LogP contribution in [0.4, 0.5) is 5.82 Å². The molecular weight excluding hydrogens is 222 g/mol. The van der Waals surface area contributed by atoms with Crippen LogP contribution in [0, 0.1) is 6.92 Å². The van der Waals surface area contributed by atoms with Gasteiger partial charge in [0.2, 0.25) is 5.88 Å². The van der Waals surface area contributed by atoms with Gasteiger partial charge < -0.3 is 19.5 Å². The zero-order valence-electron chi connectivity index (χ0n) is 10.7. The zero-order chi connectivity index (χ0) is 12.7. The molecule has 1 N–H and O–H groups in total. The van der Waals surface area contributed by atoms with E-state index in [4.69, 9.17) is 14.2 Å². The fourth-order valence-electron chi connectivity index (χ4n) is 1.35. The van der Waals surface area contributed by atoms with Crippen LogP contribution in [0.2, 0.25) is 0 Å². The van der Waals surface area contributed by atoms with E-state index in [-0.39, 0.29) is 6.10 Å². The maximum absolute atomic E-state index is 5.24. The van der Waals surface area contributed by atoms with Crippen molar-refractivity contribution in [1.29, 1.82) is 0 Å². The highest BCUT2D eigenvalue weighted by atomic mass is 16.5. The molecule has 6 heteroatoms. The Hall–Kier alpha value is -1.40. The normalized spacial score (nSPS) is 12.2. The molecular formula is C11H19N3O3. The number of aromatic nitrogens is 2. The standard InChI is InChI=1S/C11H19N3O3/c1-8-13-10(5-11(14-8)17-4)12-6-9(16-3)7-15-2/h5,9H,6-7H2,1-4H3,(H,12,13,14). The highest BCUT2D eigenvalue weighted by Gasteiger charge is 2.08. The van der Waals surface area contributed by atoms with Gasteiger partial charge in [0.25, 0.3) is 0 Å². The van der Waals surface area contributed by atoms with Crippen LogP contribution in [0.3, 0.4) is 0 Å². The summed E-state index contributed by atoms with van der Waals surface area (Å²) in [5, 5.41) is 3.16. The number of anilines is 1. The van der Waals surface area contributed by atoms with Crippen molar-refractivity contribution < 1.29 is 14.2 Å². The lowest BCUT2D eigenvalue weighted by atomic mass is 10.3. The third kappa shape index (κ3) is 4.54. The molecule has 1 heterocycles. The monoisotopic (exact) mass is 241 g/mol. The molecule has 0 aliphatic carbocycles. The Morgan fingerprint density at radius 1 is 1.29 bits per heavy atom. The van der Waals surface area contributed by atoms with Gasteiger partial charge in [0.05, 0.1) is 19.8 Å². The van der Waals surface area contributed by atoms with Gasteiger partial charge in [-0.1, -0.05) is 0 Å². The number of methoxy groups -OCH3 is 3. The van der Waals surface area contributed by atoms with Crippen LogP contribution >= 0.6 is 0 Å². The topological polar surface area (TPSA) is 65.5 Å². The molecule has 0 radical (unpaired) electrons. The molecule has 0 amide bonds. The average molecular weight is 241 g/mol. The van der Waals surface area contributed by atoms with Gasteiger partial charge in [-0.05, 0) is 6.92 Å². The van der Waals surface area contributed by atoms with Gasteiger partial charge in [0.15, 0.2) is 0 Å². The molecule has 1 rings (SSSR count). The van der Waals surface area contributed by atoms with Crippen LogP contribution < -0.4 is 10.1 Å². The van der Waals surface area contributed by atoms with Crippen molar-refractivity contribution in [2.75, 3.05) is 39.8 Å². The molecule has 0 aromatic carbocycles. The molecule has 17 heavy (non-hydrogen) atoms. The van der Waals surface area contributed by atoms with Gasteiger partial charge in [0, 0.05) is 26.8 Å². The predicted molar refractivity (Wildman–Crippen MR) is 64.5 cm³/mol. The lowest BCUT2D eigenvalue weighted by Crippen LogP contribution is -2.27. The Kier molecular flexibility index (Phi) is 5.65. The molecule has 0 bridgehead atoms. The van der Waals surface area contributed by atoms with E-state index in [0.717, 1.165) is 0 Å². The lowest BCUT2D eigenvalue weighted by Gasteiger charge is -2.15. The number of nitrogens with zero attached hydrogens (tertiary/aromatic N) is 2. The lowest BCUT2D eigenvalue weighted by molar-refractivity contribution is 0.0365. The van der Waals surface area contributed by atoms with Gasteiger partial charge in [-0.25, -0.2) is 4.98 Å². The molecule has 1 atom stereocenters. The highest BCUT2D eigenvalue weighted by molar-refractivity contribution is 5.38. The first-order chi connectivity index (χ1) is 8.19. The summed E-state index contributed by atoms with van der Waals surface area (Å²) in [6.07, 6.45) is -0.0127. The summed E-state index contributed by atoms with van der Waals surface area (Å²) in [7, 11) is 4.87. The van der Waals surface area contributed by atoms with E-state index >= 15 is 0 Å². The van der Waals surface area contributed by atoms with Gasteiger partial charge in [-0.2, -0.15) is 4.98 Å². The molecule has 0 fully saturated rings. The van der Waals surface area contributed by atoms with Crippen molar-refractivity contribution in [1.82, 2.24) is 9.97 Å². The molecule has 1 unspecified atom stereocenters. The summed E-state index contributed by atoms with van der Waals surface area (Å²) >= 11 is 0. The summed E-state index contributed by atoms with van der Waals surface area (Å²) in [5.41, 5.74) is 0. The number of hydrogen-bond donors (Lipinski definition) is 1. The fourth-order valence-corrected chi connectivity index (χ4v) is 1.35. The highest BCUT2D eigenvalue weighted by Crippen LogP contribution is 2.12. The van der Waals surface area contributed by atoms with Crippen LogP contribution in [0.15, 0.2) is 6.07 Å². The van der Waals surface area contributed by atoms with Crippen molar-refractivity contribution >= 4 is 5.82 Å². The second-order valence-corrected chi connectivity index (χ2v) is 3.54. The van der Waals surface area contributed by atoms with Crippen molar-refractivity contribution in [2.24, 2.45) is 0 Å². The Balaban J connectivity index is 2.58. The number of hydrogen-bond acceptors (Lipinski definition) is 6.